The Balaban J connectivity index is 1.75. The van der Waals surface area contributed by atoms with Gasteiger partial charge < -0.3 is 9.15 Å². The van der Waals surface area contributed by atoms with Crippen LogP contribution in [0, 0.1) is 11.3 Å². The van der Waals surface area contributed by atoms with Gasteiger partial charge in [0.2, 0.25) is 0 Å². The van der Waals surface area contributed by atoms with Gasteiger partial charge in [-0.1, -0.05) is 6.07 Å². The van der Waals surface area contributed by atoms with Gasteiger partial charge in [-0.25, -0.2) is 0 Å². The van der Waals surface area contributed by atoms with Gasteiger partial charge in [0.1, 0.15) is 17.6 Å². The molecule has 3 rings (SSSR count). The van der Waals surface area contributed by atoms with Crippen molar-refractivity contribution in [2.45, 2.75) is 32.0 Å². The lowest BCUT2D eigenvalue weighted by molar-refractivity contribution is 0.225. The van der Waals surface area contributed by atoms with Crippen molar-refractivity contribution in [1.29, 1.82) is 5.26 Å². The molecule has 108 valence electrons. The molecule has 4 nitrogen and oxygen atoms in total. The number of benzene rings is 1. The Bertz CT molecular complexity index is 639. The molecule has 4 heteroatoms. The van der Waals surface area contributed by atoms with Gasteiger partial charge in [0.05, 0.1) is 25.5 Å². The number of rotatable bonds is 6. The fraction of sp³-hybridized carbons (Fsp3) is 0.353. The summed E-state index contributed by atoms with van der Waals surface area (Å²) < 4.78 is 10.7. The van der Waals surface area contributed by atoms with Crippen molar-refractivity contribution >= 4 is 0 Å². The lowest BCUT2D eigenvalue weighted by Crippen LogP contribution is -2.24. The summed E-state index contributed by atoms with van der Waals surface area (Å²) >= 11 is 0. The summed E-state index contributed by atoms with van der Waals surface area (Å²) in [5.74, 6) is 1.63. The third kappa shape index (κ3) is 3.26. The standard InChI is InChI=1S/C17H18N2O2/c1-20-17-9-13(4-5-14(17)10-18)11-19(15-6-7-15)12-16-3-2-8-21-16/h2-5,8-9,15H,6-7,11-12H2,1H3. The maximum absolute atomic E-state index is 9.04. The van der Waals surface area contributed by atoms with Crippen molar-refractivity contribution in [3.63, 3.8) is 0 Å². The Kier molecular flexibility index (Phi) is 3.94. The third-order valence-electron chi connectivity index (χ3n) is 3.77. The van der Waals surface area contributed by atoms with Crippen LogP contribution in [0.15, 0.2) is 41.0 Å². The first-order valence-corrected chi connectivity index (χ1v) is 7.13. The fourth-order valence-corrected chi connectivity index (χ4v) is 2.52. The molecule has 0 saturated heterocycles. The van der Waals surface area contributed by atoms with E-state index in [4.69, 9.17) is 14.4 Å². The molecule has 1 saturated carbocycles. The quantitative estimate of drug-likeness (QED) is 0.815. The van der Waals surface area contributed by atoms with Crippen molar-refractivity contribution in [1.82, 2.24) is 4.90 Å². The van der Waals surface area contributed by atoms with Crippen LogP contribution in [0.4, 0.5) is 0 Å². The number of hydrogen-bond acceptors (Lipinski definition) is 4. The van der Waals surface area contributed by atoms with Crippen LogP contribution in [-0.2, 0) is 13.1 Å². The summed E-state index contributed by atoms with van der Waals surface area (Å²) in [6.45, 7) is 1.66. The van der Waals surface area contributed by atoms with Crippen LogP contribution in [0.2, 0.25) is 0 Å². The molecule has 0 aliphatic heterocycles. The third-order valence-corrected chi connectivity index (χ3v) is 3.77. The molecule has 0 N–H and O–H groups in total. The molecule has 21 heavy (non-hydrogen) atoms. The summed E-state index contributed by atoms with van der Waals surface area (Å²) in [5.41, 5.74) is 1.73. The van der Waals surface area contributed by atoms with E-state index in [1.807, 2.05) is 30.3 Å². The van der Waals surface area contributed by atoms with Gasteiger partial charge in [0.25, 0.3) is 0 Å². The number of methoxy groups -OCH3 is 1. The van der Waals surface area contributed by atoms with Gasteiger partial charge in [-0.2, -0.15) is 5.26 Å². The van der Waals surface area contributed by atoms with Crippen molar-refractivity contribution < 1.29 is 9.15 Å². The Hall–Kier alpha value is -2.25. The molecular weight excluding hydrogens is 264 g/mol. The van der Waals surface area contributed by atoms with E-state index in [2.05, 4.69) is 11.0 Å². The summed E-state index contributed by atoms with van der Waals surface area (Å²) in [6, 6.07) is 12.5. The molecule has 0 atom stereocenters. The highest BCUT2D eigenvalue weighted by atomic mass is 16.5. The van der Waals surface area contributed by atoms with Crippen LogP contribution in [0.25, 0.3) is 0 Å². The number of nitriles is 1. The minimum absolute atomic E-state index is 0.574. The molecule has 1 fully saturated rings. The van der Waals surface area contributed by atoms with Crippen LogP contribution in [-0.4, -0.2) is 18.1 Å². The molecule has 0 bridgehead atoms. The van der Waals surface area contributed by atoms with Crippen molar-refractivity contribution in [3.05, 3.63) is 53.5 Å². The molecule has 1 aliphatic carbocycles. The van der Waals surface area contributed by atoms with E-state index in [-0.39, 0.29) is 0 Å². The highest BCUT2D eigenvalue weighted by Gasteiger charge is 2.29. The minimum Gasteiger partial charge on any atom is -0.495 e. The fourth-order valence-electron chi connectivity index (χ4n) is 2.52. The monoisotopic (exact) mass is 282 g/mol. The van der Waals surface area contributed by atoms with E-state index in [1.54, 1.807) is 13.4 Å². The van der Waals surface area contributed by atoms with Crippen LogP contribution in [0.1, 0.15) is 29.7 Å². The lowest BCUT2D eigenvalue weighted by Gasteiger charge is -2.21. The van der Waals surface area contributed by atoms with Crippen LogP contribution in [0.5, 0.6) is 5.75 Å². The zero-order valence-corrected chi connectivity index (χ0v) is 12.1. The number of hydrogen-bond donors (Lipinski definition) is 0. The second kappa shape index (κ2) is 6.02. The zero-order chi connectivity index (χ0) is 14.7. The summed E-state index contributed by atoms with van der Waals surface area (Å²) in [7, 11) is 1.60. The van der Waals surface area contributed by atoms with Crippen LogP contribution >= 0.6 is 0 Å². The van der Waals surface area contributed by atoms with E-state index < -0.39 is 0 Å². The smallest absolute Gasteiger partial charge is 0.136 e. The van der Waals surface area contributed by atoms with Gasteiger partial charge in [0, 0.05) is 12.6 Å². The predicted octanol–water partition coefficient (Wildman–Crippen LogP) is 3.32. The first-order chi connectivity index (χ1) is 10.3. The van der Waals surface area contributed by atoms with E-state index >= 15 is 0 Å². The van der Waals surface area contributed by atoms with Gasteiger partial charge in [0.15, 0.2) is 0 Å². The second-order valence-corrected chi connectivity index (χ2v) is 5.36. The Morgan fingerprint density at radius 2 is 2.19 bits per heavy atom. The average molecular weight is 282 g/mol. The molecule has 0 radical (unpaired) electrons. The zero-order valence-electron chi connectivity index (χ0n) is 12.1. The molecule has 2 aromatic rings. The summed E-state index contributed by atoms with van der Waals surface area (Å²) in [5, 5.41) is 9.04. The van der Waals surface area contributed by atoms with Crippen molar-refractivity contribution in [2.75, 3.05) is 7.11 Å². The van der Waals surface area contributed by atoms with Gasteiger partial charge in [-0.05, 0) is 42.7 Å². The highest BCUT2D eigenvalue weighted by molar-refractivity contribution is 5.45. The maximum atomic E-state index is 9.04. The number of nitrogens with zero attached hydrogens (tertiary/aromatic N) is 2. The van der Waals surface area contributed by atoms with Crippen molar-refractivity contribution in [2.24, 2.45) is 0 Å². The van der Waals surface area contributed by atoms with Crippen LogP contribution in [0.3, 0.4) is 0 Å². The van der Waals surface area contributed by atoms with Gasteiger partial charge in [-0.15, -0.1) is 0 Å². The SMILES string of the molecule is COc1cc(CN(Cc2ccco2)C2CC2)ccc1C#N. The Morgan fingerprint density at radius 1 is 1.33 bits per heavy atom. The molecular formula is C17H18N2O2. The maximum Gasteiger partial charge on any atom is 0.136 e. The van der Waals surface area contributed by atoms with Crippen LogP contribution < -0.4 is 4.74 Å². The molecule has 0 unspecified atom stereocenters. The lowest BCUT2D eigenvalue weighted by atomic mass is 10.1. The minimum atomic E-state index is 0.574. The van der Waals surface area contributed by atoms with E-state index in [1.165, 1.54) is 12.8 Å². The summed E-state index contributed by atoms with van der Waals surface area (Å²) in [6.07, 6.45) is 4.20. The Morgan fingerprint density at radius 3 is 2.81 bits per heavy atom. The predicted molar refractivity (Wildman–Crippen MR) is 78.7 cm³/mol. The second-order valence-electron chi connectivity index (χ2n) is 5.36. The first-order valence-electron chi connectivity index (χ1n) is 7.13. The van der Waals surface area contributed by atoms with E-state index in [9.17, 15) is 0 Å². The van der Waals surface area contributed by atoms with E-state index in [0.29, 0.717) is 17.4 Å². The molecule has 1 heterocycles. The molecule has 1 aromatic carbocycles. The molecule has 0 amide bonds. The summed E-state index contributed by atoms with van der Waals surface area (Å²) in [4.78, 5) is 2.42. The number of ether oxygens (including phenoxy) is 1. The molecule has 1 aromatic heterocycles. The van der Waals surface area contributed by atoms with E-state index in [0.717, 1.165) is 24.4 Å². The molecule has 1 aliphatic rings. The normalized spacial score (nSPS) is 14.1. The Labute approximate surface area is 124 Å². The average Bonchev–Trinajstić information content (AvgIpc) is 3.24. The highest BCUT2D eigenvalue weighted by Crippen LogP contribution is 2.30. The van der Waals surface area contributed by atoms with Gasteiger partial charge in [-0.3, -0.25) is 4.90 Å². The van der Waals surface area contributed by atoms with Gasteiger partial charge >= 0.3 is 0 Å². The number of furan rings is 1. The molecule has 0 spiro atoms. The topological polar surface area (TPSA) is 49.4 Å². The van der Waals surface area contributed by atoms with Crippen molar-refractivity contribution in [3.8, 4) is 11.8 Å². The largest absolute Gasteiger partial charge is 0.495 e. The first kappa shape index (κ1) is 13.7.